The van der Waals surface area contributed by atoms with Crippen molar-refractivity contribution in [3.8, 4) is 0 Å². The lowest BCUT2D eigenvalue weighted by Crippen LogP contribution is -2.54. The minimum Gasteiger partial charge on any atom is -0.368 e. The molecular weight excluding hydrogens is 567 g/mol. The monoisotopic (exact) mass is 593 g/mol. The SMILES string of the molecule is O=C1CCC(N2C(=O)c3cccc(CNc4ccnc(N5CCN(c6cccc(C(F)(F)F)c6)CC5)n4)c3C2=O)C(=O)N1. The number of piperidine rings is 1. The Morgan fingerprint density at radius 1 is 0.930 bits per heavy atom. The number of piperazine rings is 1. The van der Waals surface area contributed by atoms with E-state index in [1.165, 1.54) is 12.1 Å². The summed E-state index contributed by atoms with van der Waals surface area (Å²) in [6.45, 7) is 2.12. The lowest BCUT2D eigenvalue weighted by atomic mass is 10.0. The number of carbonyl (C=O) groups is 4. The first-order chi connectivity index (χ1) is 20.6. The van der Waals surface area contributed by atoms with Gasteiger partial charge in [-0.2, -0.15) is 18.2 Å². The van der Waals surface area contributed by atoms with Crippen LogP contribution in [0.1, 0.15) is 44.7 Å². The Morgan fingerprint density at radius 2 is 1.67 bits per heavy atom. The van der Waals surface area contributed by atoms with Crippen molar-refractivity contribution in [3.05, 3.63) is 77.0 Å². The van der Waals surface area contributed by atoms with Gasteiger partial charge in [0, 0.05) is 51.0 Å². The second-order valence-corrected chi connectivity index (χ2v) is 10.4. The third kappa shape index (κ3) is 5.47. The van der Waals surface area contributed by atoms with Gasteiger partial charge in [0.15, 0.2) is 0 Å². The summed E-state index contributed by atoms with van der Waals surface area (Å²) in [5.41, 5.74) is 0.750. The van der Waals surface area contributed by atoms with Gasteiger partial charge in [0.2, 0.25) is 17.8 Å². The van der Waals surface area contributed by atoms with E-state index >= 15 is 0 Å². The standard InChI is InChI=1S/C29H26F3N7O4/c30-29(31,32)18-4-2-5-19(15-18)37-11-13-38(14-12-37)28-33-10-9-22(35-28)34-16-17-3-1-6-20-24(17)27(43)39(26(20)42)21-7-8-23(40)36-25(21)41/h1-6,9-10,15,21H,7-8,11-14,16H2,(H,33,34,35)(H,36,40,41). The number of halogens is 3. The molecule has 1 atom stereocenters. The number of hydrogen-bond donors (Lipinski definition) is 2. The van der Waals surface area contributed by atoms with Crippen LogP contribution >= 0.6 is 0 Å². The molecule has 43 heavy (non-hydrogen) atoms. The number of carbonyl (C=O) groups excluding carboxylic acids is 4. The molecule has 222 valence electrons. The third-order valence-corrected chi connectivity index (χ3v) is 7.76. The largest absolute Gasteiger partial charge is 0.416 e. The number of imide groups is 2. The summed E-state index contributed by atoms with van der Waals surface area (Å²) in [6.07, 6.45) is -2.72. The number of amides is 4. The molecule has 1 unspecified atom stereocenters. The molecule has 11 nitrogen and oxygen atoms in total. The Bertz CT molecular complexity index is 1620. The van der Waals surface area contributed by atoms with E-state index in [2.05, 4.69) is 20.6 Å². The molecule has 2 N–H and O–H groups in total. The zero-order valence-electron chi connectivity index (χ0n) is 22.7. The molecule has 14 heteroatoms. The maximum absolute atomic E-state index is 13.3. The first kappa shape index (κ1) is 28.1. The number of aromatic nitrogens is 2. The molecule has 0 radical (unpaired) electrons. The molecule has 3 aliphatic heterocycles. The molecule has 2 saturated heterocycles. The van der Waals surface area contributed by atoms with E-state index in [1.807, 2.05) is 9.80 Å². The number of nitrogens with one attached hydrogen (secondary N) is 2. The predicted molar refractivity (Wildman–Crippen MR) is 148 cm³/mol. The topological polar surface area (TPSA) is 128 Å². The first-order valence-corrected chi connectivity index (χ1v) is 13.7. The lowest BCUT2D eigenvalue weighted by Gasteiger charge is -2.36. The molecule has 2 aromatic carbocycles. The maximum atomic E-state index is 13.3. The van der Waals surface area contributed by atoms with Crippen LogP contribution in [-0.4, -0.2) is 70.7 Å². The Morgan fingerprint density at radius 3 is 2.42 bits per heavy atom. The van der Waals surface area contributed by atoms with Crippen molar-refractivity contribution in [2.45, 2.75) is 31.6 Å². The highest BCUT2D eigenvalue weighted by atomic mass is 19.4. The van der Waals surface area contributed by atoms with Crippen molar-refractivity contribution in [2.24, 2.45) is 0 Å². The summed E-state index contributed by atoms with van der Waals surface area (Å²) < 4.78 is 39.4. The minimum atomic E-state index is -4.41. The van der Waals surface area contributed by atoms with Gasteiger partial charge in [-0.15, -0.1) is 0 Å². The number of alkyl halides is 3. The van der Waals surface area contributed by atoms with Crippen LogP contribution in [-0.2, 0) is 22.3 Å². The van der Waals surface area contributed by atoms with E-state index in [4.69, 9.17) is 0 Å². The average Bonchev–Trinajstić information content (AvgIpc) is 3.26. The summed E-state index contributed by atoms with van der Waals surface area (Å²) in [5, 5.41) is 5.36. The van der Waals surface area contributed by atoms with Crippen LogP contribution in [0.2, 0.25) is 0 Å². The predicted octanol–water partition coefficient (Wildman–Crippen LogP) is 2.84. The molecular formula is C29H26F3N7O4. The molecule has 4 amide bonds. The molecule has 2 fully saturated rings. The number of anilines is 3. The number of hydrogen-bond acceptors (Lipinski definition) is 9. The Labute approximate surface area is 243 Å². The number of rotatable bonds is 6. The van der Waals surface area contributed by atoms with Gasteiger partial charge in [0.05, 0.1) is 16.7 Å². The number of fused-ring (bicyclic) bond motifs is 1. The highest BCUT2D eigenvalue weighted by Crippen LogP contribution is 2.33. The van der Waals surface area contributed by atoms with Gasteiger partial charge < -0.3 is 15.1 Å². The minimum absolute atomic E-state index is 0.0363. The molecule has 0 spiro atoms. The average molecular weight is 594 g/mol. The fourth-order valence-corrected chi connectivity index (χ4v) is 5.56. The van der Waals surface area contributed by atoms with Crippen LogP contribution in [0.4, 0.5) is 30.6 Å². The Hall–Kier alpha value is -5.01. The maximum Gasteiger partial charge on any atom is 0.416 e. The smallest absolute Gasteiger partial charge is 0.368 e. The fraction of sp³-hybridized carbons (Fsp3) is 0.310. The van der Waals surface area contributed by atoms with E-state index in [0.717, 1.165) is 17.0 Å². The normalized spacial score (nSPS) is 19.0. The van der Waals surface area contributed by atoms with Crippen LogP contribution in [0.15, 0.2) is 54.7 Å². The fourth-order valence-electron chi connectivity index (χ4n) is 5.56. The molecule has 6 rings (SSSR count). The highest BCUT2D eigenvalue weighted by Gasteiger charge is 2.45. The van der Waals surface area contributed by atoms with Gasteiger partial charge in [-0.3, -0.25) is 29.4 Å². The molecule has 4 heterocycles. The second-order valence-electron chi connectivity index (χ2n) is 10.4. The summed E-state index contributed by atoms with van der Waals surface area (Å²) in [7, 11) is 0. The Kier molecular flexibility index (Phi) is 7.20. The van der Waals surface area contributed by atoms with Crippen LogP contribution < -0.4 is 20.4 Å². The second kappa shape index (κ2) is 11.0. The molecule has 0 aliphatic carbocycles. The summed E-state index contributed by atoms with van der Waals surface area (Å²) in [4.78, 5) is 64.1. The summed E-state index contributed by atoms with van der Waals surface area (Å²) >= 11 is 0. The van der Waals surface area contributed by atoms with E-state index in [1.54, 1.807) is 30.5 Å². The molecule has 3 aromatic rings. The lowest BCUT2D eigenvalue weighted by molar-refractivity contribution is -0.138. The number of nitrogens with zero attached hydrogens (tertiary/aromatic N) is 5. The van der Waals surface area contributed by atoms with Gasteiger partial charge in [0.1, 0.15) is 11.9 Å². The van der Waals surface area contributed by atoms with Crippen molar-refractivity contribution in [1.82, 2.24) is 20.2 Å². The van der Waals surface area contributed by atoms with Crippen molar-refractivity contribution in [2.75, 3.05) is 41.3 Å². The van der Waals surface area contributed by atoms with Crippen molar-refractivity contribution in [3.63, 3.8) is 0 Å². The molecule has 0 bridgehead atoms. The summed E-state index contributed by atoms with van der Waals surface area (Å²) in [6, 6.07) is 10.8. The van der Waals surface area contributed by atoms with Crippen molar-refractivity contribution in [1.29, 1.82) is 0 Å². The van der Waals surface area contributed by atoms with Gasteiger partial charge >= 0.3 is 6.18 Å². The third-order valence-electron chi connectivity index (χ3n) is 7.76. The van der Waals surface area contributed by atoms with Gasteiger partial charge in [-0.05, 0) is 42.3 Å². The van der Waals surface area contributed by atoms with E-state index < -0.39 is 41.4 Å². The van der Waals surface area contributed by atoms with Gasteiger partial charge in [0.25, 0.3) is 11.8 Å². The van der Waals surface area contributed by atoms with Crippen LogP contribution in [0.25, 0.3) is 0 Å². The van der Waals surface area contributed by atoms with Gasteiger partial charge in [-0.25, -0.2) is 4.98 Å². The summed E-state index contributed by atoms with van der Waals surface area (Å²) in [5.74, 6) is -1.36. The first-order valence-electron chi connectivity index (χ1n) is 13.7. The van der Waals surface area contributed by atoms with Gasteiger partial charge in [-0.1, -0.05) is 18.2 Å². The van der Waals surface area contributed by atoms with Crippen LogP contribution in [0.5, 0.6) is 0 Å². The van der Waals surface area contributed by atoms with E-state index in [-0.39, 0.29) is 30.5 Å². The number of benzene rings is 2. The molecule has 0 saturated carbocycles. The van der Waals surface area contributed by atoms with Crippen molar-refractivity contribution >= 4 is 41.1 Å². The van der Waals surface area contributed by atoms with E-state index in [9.17, 15) is 32.3 Å². The van der Waals surface area contributed by atoms with E-state index in [0.29, 0.717) is 49.2 Å². The quantitative estimate of drug-likeness (QED) is 0.415. The van der Waals surface area contributed by atoms with Crippen molar-refractivity contribution < 1.29 is 32.3 Å². The molecule has 1 aromatic heterocycles. The van der Waals surface area contributed by atoms with Crippen LogP contribution in [0.3, 0.4) is 0 Å². The molecule has 3 aliphatic rings. The Balaban J connectivity index is 1.11. The van der Waals surface area contributed by atoms with Crippen LogP contribution in [0, 0.1) is 0 Å². The zero-order chi connectivity index (χ0) is 30.3. The highest BCUT2D eigenvalue weighted by molar-refractivity contribution is 6.24. The zero-order valence-corrected chi connectivity index (χ0v) is 22.7.